The van der Waals surface area contributed by atoms with Crippen molar-refractivity contribution in [2.75, 3.05) is 6.61 Å². The fraction of sp³-hybridized carbons (Fsp3) is 0.200. The fourth-order valence-electron chi connectivity index (χ4n) is 1.66. The second-order valence-electron chi connectivity index (χ2n) is 3.86. The van der Waals surface area contributed by atoms with Crippen molar-refractivity contribution in [2.45, 2.75) is 12.8 Å². The van der Waals surface area contributed by atoms with Crippen LogP contribution in [0.3, 0.4) is 0 Å². The SMILES string of the molecule is CCOc1ccc(Oc2cccc(Cl)c2CCl)cc1. The lowest BCUT2D eigenvalue weighted by molar-refractivity contribution is 0.339. The van der Waals surface area contributed by atoms with Gasteiger partial charge in [0.25, 0.3) is 0 Å². The molecule has 0 aliphatic carbocycles. The molecule has 2 nitrogen and oxygen atoms in total. The van der Waals surface area contributed by atoms with Crippen LogP contribution in [-0.4, -0.2) is 6.61 Å². The van der Waals surface area contributed by atoms with Crippen molar-refractivity contribution in [2.24, 2.45) is 0 Å². The van der Waals surface area contributed by atoms with Gasteiger partial charge in [0, 0.05) is 10.6 Å². The van der Waals surface area contributed by atoms with Crippen LogP contribution in [0.4, 0.5) is 0 Å². The minimum atomic E-state index is 0.312. The topological polar surface area (TPSA) is 18.5 Å². The second kappa shape index (κ2) is 6.69. The smallest absolute Gasteiger partial charge is 0.133 e. The van der Waals surface area contributed by atoms with Gasteiger partial charge in [-0.3, -0.25) is 0 Å². The molecule has 0 spiro atoms. The Kier molecular flexibility index (Phi) is 4.94. The van der Waals surface area contributed by atoms with Crippen molar-refractivity contribution in [3.63, 3.8) is 0 Å². The van der Waals surface area contributed by atoms with E-state index < -0.39 is 0 Å². The lowest BCUT2D eigenvalue weighted by atomic mass is 10.2. The van der Waals surface area contributed by atoms with Gasteiger partial charge in [-0.1, -0.05) is 17.7 Å². The van der Waals surface area contributed by atoms with E-state index in [2.05, 4.69) is 0 Å². The van der Waals surface area contributed by atoms with Gasteiger partial charge < -0.3 is 9.47 Å². The standard InChI is InChI=1S/C15H14Cl2O2/c1-2-18-11-6-8-12(9-7-11)19-15-5-3-4-14(17)13(15)10-16/h3-9H,2,10H2,1H3. The van der Waals surface area contributed by atoms with Crippen LogP contribution in [0.15, 0.2) is 42.5 Å². The van der Waals surface area contributed by atoms with Gasteiger partial charge >= 0.3 is 0 Å². The summed E-state index contributed by atoms with van der Waals surface area (Å²) in [7, 11) is 0. The molecule has 0 aliphatic rings. The Morgan fingerprint density at radius 2 is 1.68 bits per heavy atom. The van der Waals surface area contributed by atoms with Gasteiger partial charge in [-0.2, -0.15) is 0 Å². The van der Waals surface area contributed by atoms with Gasteiger partial charge in [0.15, 0.2) is 0 Å². The molecule has 0 N–H and O–H groups in total. The molecule has 0 saturated heterocycles. The number of rotatable bonds is 5. The Hall–Kier alpha value is -1.38. The molecule has 0 unspecified atom stereocenters. The molecule has 0 atom stereocenters. The predicted molar refractivity (Wildman–Crippen MR) is 78.7 cm³/mol. The average molecular weight is 297 g/mol. The maximum Gasteiger partial charge on any atom is 0.133 e. The van der Waals surface area contributed by atoms with Crippen LogP contribution in [0.2, 0.25) is 5.02 Å². The third-order valence-corrected chi connectivity index (χ3v) is 3.19. The Bertz CT molecular complexity index is 538. The Morgan fingerprint density at radius 3 is 2.32 bits per heavy atom. The maximum atomic E-state index is 6.08. The molecule has 0 aliphatic heterocycles. The highest BCUT2D eigenvalue weighted by Crippen LogP contribution is 2.32. The third kappa shape index (κ3) is 3.55. The molecule has 0 aromatic heterocycles. The lowest BCUT2D eigenvalue weighted by Gasteiger charge is -2.11. The van der Waals surface area contributed by atoms with Crippen LogP contribution in [-0.2, 0) is 5.88 Å². The highest BCUT2D eigenvalue weighted by Gasteiger charge is 2.08. The zero-order chi connectivity index (χ0) is 13.7. The number of benzene rings is 2. The van der Waals surface area contributed by atoms with Crippen LogP contribution < -0.4 is 9.47 Å². The largest absolute Gasteiger partial charge is 0.494 e. The normalized spacial score (nSPS) is 10.3. The van der Waals surface area contributed by atoms with E-state index in [0.29, 0.717) is 23.3 Å². The second-order valence-corrected chi connectivity index (χ2v) is 4.53. The van der Waals surface area contributed by atoms with Gasteiger partial charge in [-0.15, -0.1) is 11.6 Å². The van der Waals surface area contributed by atoms with Crippen molar-refractivity contribution in [1.29, 1.82) is 0 Å². The number of hydrogen-bond donors (Lipinski definition) is 0. The van der Waals surface area contributed by atoms with Gasteiger partial charge in [0.2, 0.25) is 0 Å². The summed E-state index contributed by atoms with van der Waals surface area (Å²) in [6, 6.07) is 12.9. The van der Waals surface area contributed by atoms with Crippen molar-refractivity contribution < 1.29 is 9.47 Å². The van der Waals surface area contributed by atoms with E-state index in [0.717, 1.165) is 17.1 Å². The first-order chi connectivity index (χ1) is 9.24. The summed E-state index contributed by atoms with van der Waals surface area (Å²) in [6.07, 6.45) is 0. The highest BCUT2D eigenvalue weighted by molar-refractivity contribution is 6.32. The van der Waals surface area contributed by atoms with Crippen molar-refractivity contribution >= 4 is 23.2 Å². The summed E-state index contributed by atoms with van der Waals surface area (Å²) < 4.78 is 11.2. The summed E-state index contributed by atoms with van der Waals surface area (Å²) in [5, 5.41) is 0.610. The molecule has 0 amide bonds. The molecular formula is C15H14Cl2O2. The van der Waals surface area contributed by atoms with E-state index in [-0.39, 0.29) is 0 Å². The molecule has 0 bridgehead atoms. The molecule has 2 aromatic rings. The molecule has 100 valence electrons. The van der Waals surface area contributed by atoms with Crippen LogP contribution in [0.5, 0.6) is 17.2 Å². The zero-order valence-corrected chi connectivity index (χ0v) is 12.0. The minimum absolute atomic E-state index is 0.312. The first-order valence-corrected chi connectivity index (χ1v) is 6.90. The molecule has 0 radical (unpaired) electrons. The molecule has 4 heteroatoms. The van der Waals surface area contributed by atoms with E-state index in [4.69, 9.17) is 32.7 Å². The average Bonchev–Trinajstić information content (AvgIpc) is 2.42. The molecule has 2 rings (SSSR count). The summed E-state index contributed by atoms with van der Waals surface area (Å²) in [4.78, 5) is 0. The predicted octanol–water partition coefficient (Wildman–Crippen LogP) is 5.27. The first-order valence-electron chi connectivity index (χ1n) is 5.98. The van der Waals surface area contributed by atoms with Gasteiger partial charge in [-0.05, 0) is 43.3 Å². The van der Waals surface area contributed by atoms with Gasteiger partial charge in [0.1, 0.15) is 17.2 Å². The van der Waals surface area contributed by atoms with Crippen molar-refractivity contribution in [3.05, 3.63) is 53.1 Å². The number of ether oxygens (including phenoxy) is 2. The summed E-state index contributed by atoms with van der Waals surface area (Å²) in [6.45, 7) is 2.59. The summed E-state index contributed by atoms with van der Waals surface area (Å²) >= 11 is 12.0. The Morgan fingerprint density at radius 1 is 1.00 bits per heavy atom. The summed E-state index contributed by atoms with van der Waals surface area (Å²) in [5.74, 6) is 2.52. The molecule has 0 saturated carbocycles. The van der Waals surface area contributed by atoms with E-state index in [9.17, 15) is 0 Å². The van der Waals surface area contributed by atoms with E-state index in [1.807, 2.05) is 43.3 Å². The molecule has 19 heavy (non-hydrogen) atoms. The van der Waals surface area contributed by atoms with E-state index in [1.54, 1.807) is 6.07 Å². The zero-order valence-electron chi connectivity index (χ0n) is 10.5. The molecule has 2 aromatic carbocycles. The quantitative estimate of drug-likeness (QED) is 0.700. The third-order valence-electron chi connectivity index (χ3n) is 2.57. The van der Waals surface area contributed by atoms with E-state index >= 15 is 0 Å². The van der Waals surface area contributed by atoms with Gasteiger partial charge in [-0.25, -0.2) is 0 Å². The first kappa shape index (κ1) is 14.0. The molecule has 0 fully saturated rings. The van der Waals surface area contributed by atoms with E-state index in [1.165, 1.54) is 0 Å². The number of alkyl halides is 1. The molecule has 0 heterocycles. The maximum absolute atomic E-state index is 6.08. The number of hydrogen-bond acceptors (Lipinski definition) is 2. The molecular weight excluding hydrogens is 283 g/mol. The summed E-state index contributed by atoms with van der Waals surface area (Å²) in [5.41, 5.74) is 0.791. The minimum Gasteiger partial charge on any atom is -0.494 e. The van der Waals surface area contributed by atoms with Gasteiger partial charge in [0.05, 0.1) is 12.5 Å². The lowest BCUT2D eigenvalue weighted by Crippen LogP contribution is -1.92. The van der Waals surface area contributed by atoms with Crippen LogP contribution in [0.1, 0.15) is 12.5 Å². The van der Waals surface area contributed by atoms with Crippen molar-refractivity contribution in [3.8, 4) is 17.2 Å². The van der Waals surface area contributed by atoms with Crippen LogP contribution in [0, 0.1) is 0 Å². The monoisotopic (exact) mass is 296 g/mol. The van der Waals surface area contributed by atoms with Crippen LogP contribution >= 0.6 is 23.2 Å². The Balaban J connectivity index is 2.19. The van der Waals surface area contributed by atoms with Crippen molar-refractivity contribution in [1.82, 2.24) is 0 Å². The van der Waals surface area contributed by atoms with Crippen LogP contribution in [0.25, 0.3) is 0 Å². The highest BCUT2D eigenvalue weighted by atomic mass is 35.5. The number of halogens is 2. The Labute approximate surface area is 122 Å². The fourth-order valence-corrected chi connectivity index (χ4v) is 2.24.